The van der Waals surface area contributed by atoms with E-state index in [0.29, 0.717) is 24.5 Å². The molecule has 0 saturated heterocycles. The van der Waals surface area contributed by atoms with Crippen LogP contribution in [0.3, 0.4) is 0 Å². The first-order valence-corrected chi connectivity index (χ1v) is 13.7. The highest BCUT2D eigenvalue weighted by molar-refractivity contribution is 5.90. The largest absolute Gasteiger partial charge is 0.488 e. The molecular weight excluding hydrogens is 482 g/mol. The van der Waals surface area contributed by atoms with E-state index >= 15 is 0 Å². The van der Waals surface area contributed by atoms with Gasteiger partial charge in [-0.05, 0) is 62.7 Å². The van der Waals surface area contributed by atoms with Gasteiger partial charge in [0.2, 0.25) is 5.91 Å². The number of hydrogen-bond acceptors (Lipinski definition) is 6. The van der Waals surface area contributed by atoms with Crippen molar-refractivity contribution in [1.82, 2.24) is 20.1 Å². The number of carbonyl (C=O) groups is 2. The van der Waals surface area contributed by atoms with Gasteiger partial charge in [0.15, 0.2) is 0 Å². The highest BCUT2D eigenvalue weighted by Gasteiger charge is 2.31. The Hall–Kier alpha value is -3.17. The number of pyridine rings is 1. The summed E-state index contributed by atoms with van der Waals surface area (Å²) in [4.78, 5) is 34.0. The van der Waals surface area contributed by atoms with Crippen LogP contribution in [0.25, 0.3) is 0 Å². The van der Waals surface area contributed by atoms with E-state index in [1.807, 2.05) is 37.3 Å². The molecule has 1 unspecified atom stereocenters. The Morgan fingerprint density at radius 2 is 1.97 bits per heavy atom. The van der Waals surface area contributed by atoms with Crippen LogP contribution in [0.5, 0.6) is 5.75 Å². The van der Waals surface area contributed by atoms with Crippen LogP contribution in [0, 0.1) is 5.92 Å². The smallest absolute Gasteiger partial charge is 0.319 e. The van der Waals surface area contributed by atoms with Crippen molar-refractivity contribution in [2.45, 2.75) is 70.7 Å². The van der Waals surface area contributed by atoms with Gasteiger partial charge in [-0.15, -0.1) is 0 Å². The van der Waals surface area contributed by atoms with Crippen molar-refractivity contribution in [1.29, 1.82) is 0 Å². The third kappa shape index (κ3) is 7.45. The molecule has 2 aliphatic rings. The number of ether oxygens (including phenoxy) is 1. The van der Waals surface area contributed by atoms with Crippen LogP contribution in [0.4, 0.5) is 10.5 Å². The molecule has 1 aliphatic carbocycles. The highest BCUT2D eigenvalue weighted by atomic mass is 16.5. The van der Waals surface area contributed by atoms with Crippen LogP contribution in [-0.4, -0.2) is 76.8 Å². The van der Waals surface area contributed by atoms with Gasteiger partial charge in [-0.1, -0.05) is 19.8 Å². The molecule has 3 amide bonds. The first kappa shape index (κ1) is 27.9. The predicted molar refractivity (Wildman–Crippen MR) is 147 cm³/mol. The number of aromatic nitrogens is 1. The van der Waals surface area contributed by atoms with Gasteiger partial charge in [-0.25, -0.2) is 4.79 Å². The molecule has 0 spiro atoms. The second-order valence-electron chi connectivity index (χ2n) is 10.8. The minimum Gasteiger partial charge on any atom is -0.488 e. The lowest BCUT2D eigenvalue weighted by molar-refractivity contribution is -0.134. The Morgan fingerprint density at radius 3 is 2.68 bits per heavy atom. The third-order valence-electron chi connectivity index (χ3n) is 7.56. The number of amides is 3. The molecule has 1 saturated carbocycles. The molecular formula is C29H41N5O4. The SMILES string of the molecule is C[C@@H]1CN([C@@H](C)CO)C(=O)Cc2cc(NC(=O)NC3CCCC3)ccc2OC1CN(C)Cc1ccncc1. The summed E-state index contributed by atoms with van der Waals surface area (Å²) in [7, 11) is 2.05. The quantitative estimate of drug-likeness (QED) is 0.490. The Labute approximate surface area is 225 Å². The van der Waals surface area contributed by atoms with Crippen LogP contribution >= 0.6 is 0 Å². The summed E-state index contributed by atoms with van der Waals surface area (Å²) in [6.45, 7) is 5.72. The van der Waals surface area contributed by atoms with E-state index in [1.54, 1.807) is 17.3 Å². The molecule has 2 aromatic rings. The average molecular weight is 524 g/mol. The standard InChI is InChI=1S/C29H41N5O4/c1-20-16-34(21(2)19-35)28(36)15-23-14-25(32-29(37)31-24-6-4-5-7-24)8-9-26(23)38-27(20)18-33(3)17-22-10-12-30-13-11-22/h8-14,20-21,24,27,35H,4-7,15-19H2,1-3H3,(H2,31,32,37)/t20-,21+,27?/m1/s1. The lowest BCUT2D eigenvalue weighted by Gasteiger charge is -2.34. The van der Waals surface area contributed by atoms with E-state index in [2.05, 4.69) is 34.5 Å². The van der Waals surface area contributed by atoms with Gasteiger partial charge in [-0.2, -0.15) is 0 Å². The zero-order valence-electron chi connectivity index (χ0n) is 22.7. The molecule has 9 nitrogen and oxygen atoms in total. The normalized spacial score (nSPS) is 21.2. The predicted octanol–water partition coefficient (Wildman–Crippen LogP) is 3.43. The van der Waals surface area contributed by atoms with Crippen LogP contribution < -0.4 is 15.4 Å². The highest BCUT2D eigenvalue weighted by Crippen LogP contribution is 2.29. The number of aliphatic hydroxyl groups is 1. The van der Waals surface area contributed by atoms with Gasteiger partial charge in [0.25, 0.3) is 0 Å². The molecule has 0 radical (unpaired) electrons. The van der Waals surface area contributed by atoms with Crippen molar-refractivity contribution < 1.29 is 19.4 Å². The van der Waals surface area contributed by atoms with E-state index in [9.17, 15) is 14.7 Å². The molecule has 1 aromatic heterocycles. The fourth-order valence-electron chi connectivity index (χ4n) is 5.32. The van der Waals surface area contributed by atoms with Gasteiger partial charge in [0.1, 0.15) is 11.9 Å². The first-order chi connectivity index (χ1) is 18.3. The average Bonchev–Trinajstić information content (AvgIpc) is 3.41. The molecule has 4 rings (SSSR count). The Kier molecular flexibility index (Phi) is 9.58. The Morgan fingerprint density at radius 1 is 1.24 bits per heavy atom. The van der Waals surface area contributed by atoms with Crippen LogP contribution in [0.1, 0.15) is 50.7 Å². The molecule has 0 bridgehead atoms. The second kappa shape index (κ2) is 13.1. The summed E-state index contributed by atoms with van der Waals surface area (Å²) in [6, 6.07) is 9.18. The monoisotopic (exact) mass is 523 g/mol. The number of anilines is 1. The molecule has 38 heavy (non-hydrogen) atoms. The summed E-state index contributed by atoms with van der Waals surface area (Å²) in [5.41, 5.74) is 2.51. The van der Waals surface area contributed by atoms with E-state index in [0.717, 1.165) is 43.4 Å². The zero-order chi connectivity index (χ0) is 27.1. The maximum absolute atomic E-state index is 13.4. The van der Waals surface area contributed by atoms with Crippen LogP contribution in [0.15, 0.2) is 42.7 Å². The topological polar surface area (TPSA) is 107 Å². The molecule has 3 atom stereocenters. The lowest BCUT2D eigenvalue weighted by atomic mass is 10.0. The minimum atomic E-state index is -0.305. The van der Waals surface area contributed by atoms with Crippen molar-refractivity contribution in [3.8, 4) is 5.75 Å². The molecule has 206 valence electrons. The number of hydrogen-bond donors (Lipinski definition) is 3. The van der Waals surface area contributed by atoms with Gasteiger partial charge in [-0.3, -0.25) is 14.7 Å². The summed E-state index contributed by atoms with van der Waals surface area (Å²) < 4.78 is 6.59. The molecule has 1 fully saturated rings. The number of benzene rings is 1. The lowest BCUT2D eigenvalue weighted by Crippen LogP contribution is -2.47. The third-order valence-corrected chi connectivity index (χ3v) is 7.56. The fourth-order valence-corrected chi connectivity index (χ4v) is 5.32. The number of aliphatic hydroxyl groups excluding tert-OH is 1. The number of urea groups is 1. The van der Waals surface area contributed by atoms with E-state index < -0.39 is 0 Å². The first-order valence-electron chi connectivity index (χ1n) is 13.7. The molecule has 3 N–H and O–H groups in total. The maximum atomic E-state index is 13.4. The number of nitrogens with zero attached hydrogens (tertiary/aromatic N) is 3. The summed E-state index contributed by atoms with van der Waals surface area (Å²) >= 11 is 0. The van der Waals surface area contributed by atoms with E-state index in [1.165, 1.54) is 0 Å². The van der Waals surface area contributed by atoms with Crippen LogP contribution in [0.2, 0.25) is 0 Å². The van der Waals surface area contributed by atoms with Crippen molar-refractivity contribution in [2.24, 2.45) is 5.92 Å². The molecule has 1 aliphatic heterocycles. The Bertz CT molecular complexity index is 1080. The number of carbonyl (C=O) groups excluding carboxylic acids is 2. The number of fused-ring (bicyclic) bond motifs is 1. The van der Waals surface area contributed by atoms with Gasteiger partial charge < -0.3 is 25.4 Å². The van der Waals surface area contributed by atoms with Crippen molar-refractivity contribution in [2.75, 3.05) is 32.1 Å². The summed E-state index contributed by atoms with van der Waals surface area (Å²) in [5.74, 6) is 0.600. The van der Waals surface area contributed by atoms with Gasteiger partial charge >= 0.3 is 6.03 Å². The molecule has 2 heterocycles. The number of likely N-dealkylation sites (N-methyl/N-ethyl adjacent to an activating group) is 1. The minimum absolute atomic E-state index is 0.0220. The number of rotatable bonds is 8. The van der Waals surface area contributed by atoms with Crippen molar-refractivity contribution in [3.63, 3.8) is 0 Å². The molecule has 9 heteroatoms. The van der Waals surface area contributed by atoms with Crippen LogP contribution in [-0.2, 0) is 17.8 Å². The molecule has 1 aromatic carbocycles. The maximum Gasteiger partial charge on any atom is 0.319 e. The van der Waals surface area contributed by atoms with Crippen molar-refractivity contribution in [3.05, 3.63) is 53.9 Å². The van der Waals surface area contributed by atoms with Crippen molar-refractivity contribution >= 4 is 17.6 Å². The van der Waals surface area contributed by atoms with Gasteiger partial charge in [0.05, 0.1) is 19.1 Å². The summed E-state index contributed by atoms with van der Waals surface area (Å²) in [6.07, 6.45) is 7.82. The van der Waals surface area contributed by atoms with Gasteiger partial charge in [0, 0.05) is 55.2 Å². The number of nitrogens with one attached hydrogen (secondary N) is 2. The zero-order valence-corrected chi connectivity index (χ0v) is 22.7. The van der Waals surface area contributed by atoms with E-state index in [4.69, 9.17) is 4.74 Å². The van der Waals surface area contributed by atoms with E-state index in [-0.39, 0.29) is 49.1 Å². The Balaban J connectivity index is 1.54. The summed E-state index contributed by atoms with van der Waals surface area (Å²) in [5, 5.41) is 15.8. The fraction of sp³-hybridized carbons (Fsp3) is 0.552. The second-order valence-corrected chi connectivity index (χ2v) is 10.8.